The van der Waals surface area contributed by atoms with Crippen LogP contribution in [0.5, 0.6) is 0 Å². The minimum atomic E-state index is -0.149. The number of nitrogens with zero attached hydrogens (tertiary/aromatic N) is 2. The molecule has 0 radical (unpaired) electrons. The molecule has 0 saturated carbocycles. The lowest BCUT2D eigenvalue weighted by Crippen LogP contribution is -2.17. The fourth-order valence-electron chi connectivity index (χ4n) is 3.27. The maximum absolute atomic E-state index is 12.9. The summed E-state index contributed by atoms with van der Waals surface area (Å²) in [6.45, 7) is 6.88. The highest BCUT2D eigenvalue weighted by molar-refractivity contribution is 6.08. The molecular weight excluding hydrogens is 310 g/mol. The summed E-state index contributed by atoms with van der Waals surface area (Å²) in [5, 5.41) is 13.1. The molecule has 1 N–H and O–H groups in total. The number of anilines is 1. The van der Waals surface area contributed by atoms with Gasteiger partial charge in [0.1, 0.15) is 5.69 Å². The van der Waals surface area contributed by atoms with Crippen LogP contribution >= 0.6 is 0 Å². The first-order chi connectivity index (χ1) is 12.1. The lowest BCUT2D eigenvalue weighted by molar-refractivity contribution is 0.101. The van der Waals surface area contributed by atoms with E-state index in [4.69, 9.17) is 5.26 Å². The van der Waals surface area contributed by atoms with Crippen molar-refractivity contribution in [1.82, 2.24) is 4.57 Å². The van der Waals surface area contributed by atoms with Gasteiger partial charge in [-0.1, -0.05) is 19.1 Å². The minimum Gasteiger partial charge on any atom is -0.337 e. The molecule has 4 nitrogen and oxygen atoms in total. The zero-order valence-electron chi connectivity index (χ0n) is 14.8. The lowest BCUT2D eigenvalue weighted by atomic mass is 10.1. The van der Waals surface area contributed by atoms with E-state index in [0.717, 1.165) is 29.4 Å². The summed E-state index contributed by atoms with van der Waals surface area (Å²) in [5.74, 6) is -0.149. The van der Waals surface area contributed by atoms with E-state index in [2.05, 4.69) is 36.5 Å². The summed E-state index contributed by atoms with van der Waals surface area (Å²) in [4.78, 5) is 12.9. The van der Waals surface area contributed by atoms with Crippen LogP contribution in [0.2, 0.25) is 0 Å². The molecule has 1 aromatic heterocycles. The standard InChI is InChI=1S/C21H21N3O/c1-4-15-9-10-19-18(12-15)14(3)20(24(19)5-2)21(25)23-17-8-6-7-16(11-17)13-22/h6-12H,4-5H2,1-3H3,(H,23,25). The average Bonchev–Trinajstić information content (AvgIpc) is 2.93. The van der Waals surface area contributed by atoms with Crippen molar-refractivity contribution in [3.63, 3.8) is 0 Å². The second-order valence-corrected chi connectivity index (χ2v) is 6.07. The molecule has 25 heavy (non-hydrogen) atoms. The Morgan fingerprint density at radius 1 is 1.20 bits per heavy atom. The third kappa shape index (κ3) is 3.01. The fraction of sp³-hybridized carbons (Fsp3) is 0.238. The molecule has 0 aliphatic carbocycles. The van der Waals surface area contributed by atoms with Crippen LogP contribution in [0.25, 0.3) is 10.9 Å². The van der Waals surface area contributed by atoms with Gasteiger partial charge >= 0.3 is 0 Å². The van der Waals surface area contributed by atoms with Crippen molar-refractivity contribution in [3.8, 4) is 6.07 Å². The molecule has 0 spiro atoms. The van der Waals surface area contributed by atoms with E-state index in [0.29, 0.717) is 16.9 Å². The Morgan fingerprint density at radius 3 is 2.68 bits per heavy atom. The molecular formula is C21H21N3O. The number of nitriles is 1. The average molecular weight is 331 g/mol. The molecule has 0 atom stereocenters. The summed E-state index contributed by atoms with van der Waals surface area (Å²) in [5.41, 5.74) is 5.16. The third-order valence-electron chi connectivity index (χ3n) is 4.57. The topological polar surface area (TPSA) is 57.8 Å². The number of aromatic nitrogens is 1. The molecule has 0 fully saturated rings. The molecule has 4 heteroatoms. The molecule has 0 aliphatic rings. The van der Waals surface area contributed by atoms with Crippen LogP contribution in [0.3, 0.4) is 0 Å². The first-order valence-corrected chi connectivity index (χ1v) is 8.52. The number of fused-ring (bicyclic) bond motifs is 1. The number of rotatable bonds is 4. The van der Waals surface area contributed by atoms with Crippen LogP contribution in [0.15, 0.2) is 42.5 Å². The maximum atomic E-state index is 12.9. The van der Waals surface area contributed by atoms with E-state index in [-0.39, 0.29) is 5.91 Å². The van der Waals surface area contributed by atoms with Gasteiger partial charge in [-0.15, -0.1) is 0 Å². The number of carbonyl (C=O) groups is 1. The number of nitrogens with one attached hydrogen (secondary N) is 1. The van der Waals surface area contributed by atoms with Crippen molar-refractivity contribution < 1.29 is 4.79 Å². The predicted octanol–water partition coefficient (Wildman–Crippen LogP) is 4.66. The summed E-state index contributed by atoms with van der Waals surface area (Å²) >= 11 is 0. The second-order valence-electron chi connectivity index (χ2n) is 6.07. The second kappa shape index (κ2) is 6.82. The van der Waals surface area contributed by atoms with Crippen molar-refractivity contribution in [2.45, 2.75) is 33.7 Å². The molecule has 1 amide bonds. The molecule has 0 saturated heterocycles. The van der Waals surface area contributed by atoms with E-state index in [9.17, 15) is 4.79 Å². The van der Waals surface area contributed by atoms with Crippen molar-refractivity contribution in [2.75, 3.05) is 5.32 Å². The number of benzene rings is 2. The largest absolute Gasteiger partial charge is 0.337 e. The van der Waals surface area contributed by atoms with Gasteiger partial charge in [-0.2, -0.15) is 5.26 Å². The van der Waals surface area contributed by atoms with Crippen molar-refractivity contribution >= 4 is 22.5 Å². The Balaban J connectivity index is 2.06. The summed E-state index contributed by atoms with van der Waals surface area (Å²) in [7, 11) is 0. The Kier molecular flexibility index (Phi) is 4.58. The molecule has 0 aliphatic heterocycles. The Morgan fingerprint density at radius 2 is 2.00 bits per heavy atom. The maximum Gasteiger partial charge on any atom is 0.272 e. The van der Waals surface area contributed by atoms with E-state index in [1.807, 2.05) is 18.4 Å². The van der Waals surface area contributed by atoms with Crippen LogP contribution in [0.1, 0.15) is 41.0 Å². The van der Waals surface area contributed by atoms with Gasteiger partial charge in [-0.05, 0) is 61.7 Å². The van der Waals surface area contributed by atoms with Crippen LogP contribution in [-0.2, 0) is 13.0 Å². The van der Waals surface area contributed by atoms with Crippen molar-refractivity contribution in [2.24, 2.45) is 0 Å². The van der Waals surface area contributed by atoms with Gasteiger partial charge in [0.15, 0.2) is 0 Å². The number of hydrogen-bond donors (Lipinski definition) is 1. The van der Waals surface area contributed by atoms with Gasteiger partial charge in [0.25, 0.3) is 5.91 Å². The molecule has 2 aromatic carbocycles. The predicted molar refractivity (Wildman–Crippen MR) is 101 cm³/mol. The fourth-order valence-corrected chi connectivity index (χ4v) is 3.27. The lowest BCUT2D eigenvalue weighted by Gasteiger charge is -2.10. The first kappa shape index (κ1) is 16.8. The zero-order chi connectivity index (χ0) is 18.0. The normalized spacial score (nSPS) is 10.6. The number of amides is 1. The van der Waals surface area contributed by atoms with Crippen LogP contribution in [-0.4, -0.2) is 10.5 Å². The Bertz CT molecular complexity index is 992. The SMILES string of the molecule is CCc1ccc2c(c1)c(C)c(C(=O)Nc1cccc(C#N)c1)n2CC. The molecule has 0 unspecified atom stereocenters. The molecule has 3 aromatic rings. The quantitative estimate of drug-likeness (QED) is 0.756. The third-order valence-corrected chi connectivity index (χ3v) is 4.57. The van der Waals surface area contributed by atoms with E-state index < -0.39 is 0 Å². The van der Waals surface area contributed by atoms with E-state index in [1.54, 1.807) is 24.3 Å². The van der Waals surface area contributed by atoms with E-state index >= 15 is 0 Å². The van der Waals surface area contributed by atoms with Crippen LogP contribution in [0.4, 0.5) is 5.69 Å². The van der Waals surface area contributed by atoms with Gasteiger partial charge in [-0.25, -0.2) is 0 Å². The minimum absolute atomic E-state index is 0.149. The molecule has 126 valence electrons. The highest BCUT2D eigenvalue weighted by atomic mass is 16.2. The van der Waals surface area contributed by atoms with Gasteiger partial charge in [0.05, 0.1) is 11.6 Å². The monoisotopic (exact) mass is 331 g/mol. The van der Waals surface area contributed by atoms with E-state index in [1.165, 1.54) is 5.56 Å². The molecule has 1 heterocycles. The Hall–Kier alpha value is -3.06. The van der Waals surface area contributed by atoms with Crippen LogP contribution < -0.4 is 5.32 Å². The summed E-state index contributed by atoms with van der Waals surface area (Å²) in [6, 6.07) is 15.4. The van der Waals surface area contributed by atoms with Gasteiger partial charge in [-0.3, -0.25) is 4.79 Å². The first-order valence-electron chi connectivity index (χ1n) is 8.52. The van der Waals surface area contributed by atoms with Gasteiger partial charge < -0.3 is 9.88 Å². The van der Waals surface area contributed by atoms with Gasteiger partial charge in [0.2, 0.25) is 0 Å². The Labute approximate surface area is 147 Å². The molecule has 3 rings (SSSR count). The zero-order valence-corrected chi connectivity index (χ0v) is 14.8. The molecule has 0 bridgehead atoms. The van der Waals surface area contributed by atoms with Crippen molar-refractivity contribution in [1.29, 1.82) is 5.26 Å². The number of hydrogen-bond acceptors (Lipinski definition) is 2. The highest BCUT2D eigenvalue weighted by Gasteiger charge is 2.20. The highest BCUT2D eigenvalue weighted by Crippen LogP contribution is 2.28. The van der Waals surface area contributed by atoms with Crippen LogP contribution in [0, 0.1) is 18.3 Å². The summed E-state index contributed by atoms with van der Waals surface area (Å²) < 4.78 is 2.05. The number of carbonyl (C=O) groups excluding carboxylic acids is 1. The van der Waals surface area contributed by atoms with Crippen molar-refractivity contribution in [3.05, 3.63) is 64.8 Å². The number of aryl methyl sites for hydroxylation is 3. The van der Waals surface area contributed by atoms with Gasteiger partial charge in [0, 0.05) is 23.1 Å². The summed E-state index contributed by atoms with van der Waals surface area (Å²) in [6.07, 6.45) is 0.967. The smallest absolute Gasteiger partial charge is 0.272 e.